The van der Waals surface area contributed by atoms with Crippen molar-refractivity contribution in [1.82, 2.24) is 0 Å². The van der Waals surface area contributed by atoms with E-state index in [0.29, 0.717) is 6.54 Å². The Bertz CT molecular complexity index is 300. The van der Waals surface area contributed by atoms with Gasteiger partial charge in [-0.2, -0.15) is 0 Å². The first-order chi connectivity index (χ1) is 7.31. The minimum absolute atomic E-state index is 0.682. The van der Waals surface area contributed by atoms with Gasteiger partial charge in [-0.15, -0.1) is 0 Å². The number of methoxy groups -OCH3 is 1. The van der Waals surface area contributed by atoms with Crippen LogP contribution < -0.4 is 16.2 Å². The first-order valence-electron chi connectivity index (χ1n) is 5.37. The molecule has 0 aliphatic rings. The molecule has 15 heavy (non-hydrogen) atoms. The van der Waals surface area contributed by atoms with Crippen LogP contribution in [0.4, 0.5) is 0 Å². The van der Waals surface area contributed by atoms with Crippen LogP contribution in [-0.2, 0) is 12.8 Å². The zero-order valence-corrected chi connectivity index (χ0v) is 9.33. The lowest BCUT2D eigenvalue weighted by Gasteiger charge is -2.10. The number of hydrogen-bond donors (Lipinski definition) is 2. The summed E-state index contributed by atoms with van der Waals surface area (Å²) in [7, 11) is 1.69. The molecule has 0 radical (unpaired) electrons. The second-order valence-electron chi connectivity index (χ2n) is 3.57. The van der Waals surface area contributed by atoms with Gasteiger partial charge in [0.05, 0.1) is 7.11 Å². The molecule has 0 saturated heterocycles. The van der Waals surface area contributed by atoms with Crippen molar-refractivity contribution in [3.8, 4) is 5.75 Å². The molecular formula is C12H20N2O. The normalized spacial score (nSPS) is 10.3. The topological polar surface area (TPSA) is 61.3 Å². The Hall–Kier alpha value is -1.06. The average molecular weight is 208 g/mol. The lowest BCUT2D eigenvalue weighted by molar-refractivity contribution is 0.414. The third-order valence-electron chi connectivity index (χ3n) is 2.48. The SMILES string of the molecule is COc1ccc(CCN)c(CCCN)c1. The second-order valence-corrected chi connectivity index (χ2v) is 3.57. The standard InChI is InChI=1S/C12H20N2O/c1-15-12-5-4-10(6-8-14)11(9-12)3-2-7-13/h4-5,9H,2-3,6-8,13-14H2,1H3. The van der Waals surface area contributed by atoms with Crippen molar-refractivity contribution in [2.45, 2.75) is 19.3 Å². The zero-order valence-electron chi connectivity index (χ0n) is 9.33. The maximum Gasteiger partial charge on any atom is 0.119 e. The first kappa shape index (κ1) is 12.0. The largest absolute Gasteiger partial charge is 0.497 e. The molecule has 1 rings (SSSR count). The smallest absolute Gasteiger partial charge is 0.119 e. The molecule has 0 saturated carbocycles. The Morgan fingerprint density at radius 2 is 1.87 bits per heavy atom. The maximum absolute atomic E-state index is 5.57. The molecule has 84 valence electrons. The van der Waals surface area contributed by atoms with Crippen LogP contribution in [-0.4, -0.2) is 20.2 Å². The van der Waals surface area contributed by atoms with E-state index >= 15 is 0 Å². The quantitative estimate of drug-likeness (QED) is 0.735. The highest BCUT2D eigenvalue weighted by Gasteiger charge is 2.03. The van der Waals surface area contributed by atoms with E-state index in [9.17, 15) is 0 Å². The van der Waals surface area contributed by atoms with E-state index in [1.54, 1.807) is 7.11 Å². The second kappa shape index (κ2) is 6.43. The number of aryl methyl sites for hydroxylation is 1. The summed E-state index contributed by atoms with van der Waals surface area (Å²) in [4.78, 5) is 0. The van der Waals surface area contributed by atoms with Gasteiger partial charge in [0.2, 0.25) is 0 Å². The summed E-state index contributed by atoms with van der Waals surface area (Å²) in [6, 6.07) is 6.16. The van der Waals surface area contributed by atoms with E-state index < -0.39 is 0 Å². The van der Waals surface area contributed by atoms with Crippen molar-refractivity contribution >= 4 is 0 Å². The molecule has 3 heteroatoms. The number of benzene rings is 1. The summed E-state index contributed by atoms with van der Waals surface area (Å²) in [5.74, 6) is 0.905. The van der Waals surface area contributed by atoms with E-state index in [-0.39, 0.29) is 0 Å². The van der Waals surface area contributed by atoms with Crippen LogP contribution in [0.5, 0.6) is 5.75 Å². The summed E-state index contributed by atoms with van der Waals surface area (Å²) < 4.78 is 5.21. The monoisotopic (exact) mass is 208 g/mol. The van der Waals surface area contributed by atoms with Gasteiger partial charge in [-0.3, -0.25) is 0 Å². The molecule has 4 N–H and O–H groups in total. The number of rotatable bonds is 6. The molecule has 0 heterocycles. The lowest BCUT2D eigenvalue weighted by atomic mass is 10.00. The van der Waals surface area contributed by atoms with Crippen molar-refractivity contribution in [1.29, 1.82) is 0 Å². The Labute approximate surface area is 91.4 Å². The third-order valence-corrected chi connectivity index (χ3v) is 2.48. The van der Waals surface area contributed by atoms with Gasteiger partial charge in [-0.05, 0) is 55.6 Å². The van der Waals surface area contributed by atoms with E-state index in [0.717, 1.165) is 31.6 Å². The van der Waals surface area contributed by atoms with Gasteiger partial charge < -0.3 is 16.2 Å². The highest BCUT2D eigenvalue weighted by atomic mass is 16.5. The molecule has 0 aliphatic carbocycles. The fraction of sp³-hybridized carbons (Fsp3) is 0.500. The molecule has 0 bridgehead atoms. The highest BCUT2D eigenvalue weighted by Crippen LogP contribution is 2.19. The number of nitrogens with two attached hydrogens (primary N) is 2. The maximum atomic E-state index is 5.57. The molecule has 0 amide bonds. The van der Waals surface area contributed by atoms with E-state index in [2.05, 4.69) is 12.1 Å². The molecule has 0 spiro atoms. The lowest BCUT2D eigenvalue weighted by Crippen LogP contribution is -2.07. The van der Waals surface area contributed by atoms with Crippen molar-refractivity contribution in [3.05, 3.63) is 29.3 Å². The van der Waals surface area contributed by atoms with Crippen LogP contribution in [0.25, 0.3) is 0 Å². The molecule has 1 aromatic rings. The van der Waals surface area contributed by atoms with Crippen molar-refractivity contribution < 1.29 is 4.74 Å². The molecule has 0 fully saturated rings. The van der Waals surface area contributed by atoms with Crippen molar-refractivity contribution in [2.75, 3.05) is 20.2 Å². The summed E-state index contributed by atoms with van der Waals surface area (Å²) in [5, 5.41) is 0. The molecular weight excluding hydrogens is 188 g/mol. The van der Waals surface area contributed by atoms with Gasteiger partial charge in [0.1, 0.15) is 5.75 Å². The van der Waals surface area contributed by atoms with Crippen LogP contribution in [0.15, 0.2) is 18.2 Å². The fourth-order valence-corrected chi connectivity index (χ4v) is 1.65. The van der Waals surface area contributed by atoms with Gasteiger partial charge in [0, 0.05) is 0 Å². The van der Waals surface area contributed by atoms with E-state index in [1.807, 2.05) is 6.07 Å². The highest BCUT2D eigenvalue weighted by molar-refractivity contribution is 5.36. The third kappa shape index (κ3) is 3.53. The summed E-state index contributed by atoms with van der Waals surface area (Å²) in [6.45, 7) is 1.40. The van der Waals surface area contributed by atoms with Crippen LogP contribution in [0.3, 0.4) is 0 Å². The van der Waals surface area contributed by atoms with Crippen molar-refractivity contribution in [3.63, 3.8) is 0 Å². The molecule has 3 nitrogen and oxygen atoms in total. The van der Waals surface area contributed by atoms with Gasteiger partial charge >= 0.3 is 0 Å². The van der Waals surface area contributed by atoms with E-state index in [1.165, 1.54) is 11.1 Å². The molecule has 0 unspecified atom stereocenters. The van der Waals surface area contributed by atoms with Crippen LogP contribution in [0, 0.1) is 0 Å². The molecule has 0 atom stereocenters. The molecule has 1 aromatic carbocycles. The van der Waals surface area contributed by atoms with Crippen LogP contribution in [0.2, 0.25) is 0 Å². The average Bonchev–Trinajstić information content (AvgIpc) is 2.28. The predicted octanol–water partition coefficient (Wildman–Crippen LogP) is 1.09. The van der Waals surface area contributed by atoms with Crippen LogP contribution >= 0.6 is 0 Å². The number of hydrogen-bond acceptors (Lipinski definition) is 3. The summed E-state index contributed by atoms with van der Waals surface area (Å²) in [5.41, 5.74) is 13.7. The first-order valence-corrected chi connectivity index (χ1v) is 5.37. The molecule has 0 aromatic heterocycles. The fourth-order valence-electron chi connectivity index (χ4n) is 1.65. The van der Waals surface area contributed by atoms with Gasteiger partial charge in [0.25, 0.3) is 0 Å². The number of ether oxygens (including phenoxy) is 1. The van der Waals surface area contributed by atoms with Crippen molar-refractivity contribution in [2.24, 2.45) is 11.5 Å². The predicted molar refractivity (Wildman–Crippen MR) is 63.1 cm³/mol. The Morgan fingerprint density at radius 3 is 2.47 bits per heavy atom. The van der Waals surface area contributed by atoms with E-state index in [4.69, 9.17) is 16.2 Å². The Balaban J connectivity index is 2.83. The van der Waals surface area contributed by atoms with Gasteiger partial charge in [-0.25, -0.2) is 0 Å². The minimum Gasteiger partial charge on any atom is -0.497 e. The van der Waals surface area contributed by atoms with Gasteiger partial charge in [-0.1, -0.05) is 6.07 Å². The zero-order chi connectivity index (χ0) is 11.1. The summed E-state index contributed by atoms with van der Waals surface area (Å²) in [6.07, 6.45) is 2.93. The summed E-state index contributed by atoms with van der Waals surface area (Å²) >= 11 is 0. The van der Waals surface area contributed by atoms with Gasteiger partial charge in [0.15, 0.2) is 0 Å². The molecule has 0 aliphatic heterocycles. The Kier molecular flexibility index (Phi) is 5.15. The van der Waals surface area contributed by atoms with Crippen LogP contribution in [0.1, 0.15) is 17.5 Å². The minimum atomic E-state index is 0.682. The Morgan fingerprint density at radius 1 is 1.07 bits per heavy atom.